The fraction of sp³-hybridized carbons (Fsp3) is 0.844. The molecule has 0 spiro atoms. The van der Waals surface area contributed by atoms with Crippen LogP contribution < -0.4 is 5.32 Å². The minimum absolute atomic E-state index is 0.217. The van der Waals surface area contributed by atoms with E-state index in [2.05, 4.69) is 31.2 Å². The number of carbonyl (C=O) groups excluding carboxylic acids is 2. The van der Waals surface area contributed by atoms with Gasteiger partial charge in [0.2, 0.25) is 0 Å². The second kappa shape index (κ2) is 10.4. The van der Waals surface area contributed by atoms with Crippen LogP contribution in [0.1, 0.15) is 111 Å². The molecule has 1 N–H and O–H groups in total. The van der Waals surface area contributed by atoms with Gasteiger partial charge in [0.05, 0.1) is 5.71 Å². The van der Waals surface area contributed by atoms with Crippen LogP contribution in [0.25, 0.3) is 0 Å². The van der Waals surface area contributed by atoms with Gasteiger partial charge in [0.15, 0.2) is 5.78 Å². The fourth-order valence-corrected chi connectivity index (χ4v) is 9.75. The summed E-state index contributed by atoms with van der Waals surface area (Å²) in [4.78, 5) is 32.9. The van der Waals surface area contributed by atoms with Gasteiger partial charge in [-0.3, -0.25) is 9.63 Å². The van der Waals surface area contributed by atoms with E-state index in [1.165, 1.54) is 50.5 Å². The van der Waals surface area contributed by atoms with Crippen LogP contribution in [0.2, 0.25) is 0 Å². The van der Waals surface area contributed by atoms with Gasteiger partial charge in [-0.2, -0.15) is 0 Å². The molecular formula is C32H49N3O3. The van der Waals surface area contributed by atoms with Crippen molar-refractivity contribution in [2.75, 3.05) is 13.1 Å². The zero-order chi connectivity index (χ0) is 26.5. The quantitative estimate of drug-likeness (QED) is 0.241. The first-order valence-corrected chi connectivity index (χ1v) is 15.8. The number of allylic oxidation sites excluding steroid dienone is 1. The number of carbonyl (C=O) groups is 2. The average Bonchev–Trinajstić information content (AvgIpc) is 3.68. The van der Waals surface area contributed by atoms with Crippen molar-refractivity contribution in [1.29, 1.82) is 0 Å². The van der Waals surface area contributed by atoms with Crippen molar-refractivity contribution >= 4 is 17.6 Å². The minimum Gasteiger partial charge on any atom is -0.314 e. The van der Waals surface area contributed by atoms with Gasteiger partial charge < -0.3 is 10.2 Å². The maximum atomic E-state index is 13.1. The molecule has 0 bridgehead atoms. The van der Waals surface area contributed by atoms with E-state index in [1.807, 2.05) is 11.0 Å². The third-order valence-corrected chi connectivity index (χ3v) is 12.1. The minimum atomic E-state index is -0.252. The van der Waals surface area contributed by atoms with Crippen molar-refractivity contribution in [3.8, 4) is 0 Å². The molecule has 38 heavy (non-hydrogen) atoms. The van der Waals surface area contributed by atoms with Crippen molar-refractivity contribution < 1.29 is 14.4 Å². The number of hydrogen-bond acceptors (Lipinski definition) is 5. The highest BCUT2D eigenvalue weighted by molar-refractivity contribution is 5.91. The number of hydrogen-bond donors (Lipinski definition) is 1. The molecule has 4 saturated carbocycles. The smallest absolute Gasteiger partial charge is 0.314 e. The number of oxime groups is 1. The van der Waals surface area contributed by atoms with Crippen LogP contribution in [0.3, 0.4) is 0 Å². The largest absolute Gasteiger partial charge is 0.436 e. The molecule has 6 nitrogen and oxygen atoms in total. The molecular weight excluding hydrogens is 474 g/mol. The average molecular weight is 524 g/mol. The maximum absolute atomic E-state index is 13.1. The summed E-state index contributed by atoms with van der Waals surface area (Å²) in [5.74, 6) is 2.87. The summed E-state index contributed by atoms with van der Waals surface area (Å²) >= 11 is 0. The third-order valence-electron chi connectivity index (χ3n) is 12.1. The van der Waals surface area contributed by atoms with Crippen molar-refractivity contribution in [3.05, 3.63) is 11.6 Å². The highest BCUT2D eigenvalue weighted by atomic mass is 16.7. The molecule has 1 saturated heterocycles. The van der Waals surface area contributed by atoms with Crippen LogP contribution in [-0.4, -0.2) is 47.7 Å². The standard InChI is InChI=1S/C32H49N3O3/c1-21(34-38-30(37)35(24-8-9-24)19-15-23-6-4-5-18-33-23)27-11-12-28-26-10-7-22-20-25(36)13-16-31(22,2)29(26)14-17-32(27,28)3/h20,23-24,26-29,33H,4-19H2,1-3H3/b34-21+/t23?,26-,27+,28-,29-,31-,32+/m0/s1. The number of fused-ring (bicyclic) bond motifs is 5. The summed E-state index contributed by atoms with van der Waals surface area (Å²) in [5.41, 5.74) is 2.90. The Labute approximate surface area is 229 Å². The van der Waals surface area contributed by atoms with E-state index < -0.39 is 0 Å². The van der Waals surface area contributed by atoms with E-state index in [4.69, 9.17) is 4.84 Å². The molecule has 210 valence electrons. The Morgan fingerprint density at radius 2 is 1.89 bits per heavy atom. The number of rotatable bonds is 6. The summed E-state index contributed by atoms with van der Waals surface area (Å²) in [6.07, 6.45) is 17.6. The number of piperidine rings is 1. The number of amides is 1. The van der Waals surface area contributed by atoms with E-state index in [0.29, 0.717) is 35.6 Å². The summed E-state index contributed by atoms with van der Waals surface area (Å²) in [6, 6.07) is 0.864. The number of ketones is 1. The van der Waals surface area contributed by atoms with Crippen molar-refractivity contribution in [2.45, 2.75) is 123 Å². The molecule has 1 heterocycles. The second-order valence-electron chi connectivity index (χ2n) is 14.1. The zero-order valence-electron chi connectivity index (χ0n) is 24.0. The first-order valence-electron chi connectivity index (χ1n) is 15.8. The highest BCUT2D eigenvalue weighted by Gasteiger charge is 2.59. The van der Waals surface area contributed by atoms with Gasteiger partial charge in [-0.05, 0) is 125 Å². The van der Waals surface area contributed by atoms with Crippen molar-refractivity contribution in [1.82, 2.24) is 10.2 Å². The fourth-order valence-electron chi connectivity index (χ4n) is 9.75. The molecule has 0 aromatic heterocycles. The summed E-state index contributed by atoms with van der Waals surface area (Å²) in [5, 5.41) is 8.13. The predicted octanol–water partition coefficient (Wildman–Crippen LogP) is 6.64. The molecule has 0 aromatic carbocycles. The molecule has 0 aromatic rings. The van der Waals surface area contributed by atoms with E-state index in [-0.39, 0.29) is 16.9 Å². The van der Waals surface area contributed by atoms with Crippen LogP contribution in [0.4, 0.5) is 4.79 Å². The monoisotopic (exact) mass is 523 g/mol. The van der Waals surface area contributed by atoms with Gasteiger partial charge >= 0.3 is 6.09 Å². The molecule has 6 heteroatoms. The van der Waals surface area contributed by atoms with Crippen LogP contribution in [0, 0.1) is 34.5 Å². The van der Waals surface area contributed by atoms with Gasteiger partial charge in [-0.1, -0.05) is 31.0 Å². The van der Waals surface area contributed by atoms with Gasteiger partial charge in [0.1, 0.15) is 0 Å². The SMILES string of the molecule is C/C(=N\OC(=O)N(CCC1CCCCN1)C1CC1)[C@H]1CC[C@H]2[C@@H]3CCC4=CC(=O)CC[C@]4(C)[C@H]3CC[C@]12C. The predicted molar refractivity (Wildman–Crippen MR) is 150 cm³/mol. The zero-order valence-corrected chi connectivity index (χ0v) is 24.0. The maximum Gasteiger partial charge on any atom is 0.436 e. The molecule has 6 rings (SSSR count). The summed E-state index contributed by atoms with van der Waals surface area (Å²) in [6.45, 7) is 8.92. The molecule has 5 fully saturated rings. The molecule has 5 aliphatic carbocycles. The molecule has 7 atom stereocenters. The van der Waals surface area contributed by atoms with Gasteiger partial charge in [0.25, 0.3) is 0 Å². The Hall–Kier alpha value is -1.69. The Balaban J connectivity index is 1.10. The topological polar surface area (TPSA) is 71.0 Å². The lowest BCUT2D eigenvalue weighted by molar-refractivity contribution is -0.117. The summed E-state index contributed by atoms with van der Waals surface area (Å²) < 4.78 is 0. The van der Waals surface area contributed by atoms with Crippen LogP contribution in [0.15, 0.2) is 16.8 Å². The van der Waals surface area contributed by atoms with E-state index in [0.717, 1.165) is 69.7 Å². The number of nitrogens with zero attached hydrogens (tertiary/aromatic N) is 2. The van der Waals surface area contributed by atoms with Gasteiger partial charge in [-0.25, -0.2) is 4.79 Å². The van der Waals surface area contributed by atoms with Gasteiger partial charge in [0, 0.05) is 31.0 Å². The molecule has 1 amide bonds. The number of nitrogens with one attached hydrogen (secondary N) is 1. The van der Waals surface area contributed by atoms with Crippen LogP contribution in [-0.2, 0) is 9.63 Å². The first-order chi connectivity index (χ1) is 18.3. The Morgan fingerprint density at radius 3 is 2.66 bits per heavy atom. The van der Waals surface area contributed by atoms with Crippen LogP contribution in [0.5, 0.6) is 0 Å². The van der Waals surface area contributed by atoms with E-state index in [1.54, 1.807) is 0 Å². The van der Waals surface area contributed by atoms with E-state index >= 15 is 0 Å². The molecule has 6 aliphatic rings. The molecule has 1 aliphatic heterocycles. The first kappa shape index (κ1) is 26.5. The highest BCUT2D eigenvalue weighted by Crippen LogP contribution is 2.66. The molecule has 1 unspecified atom stereocenters. The van der Waals surface area contributed by atoms with Crippen molar-refractivity contribution in [3.63, 3.8) is 0 Å². The van der Waals surface area contributed by atoms with E-state index in [9.17, 15) is 9.59 Å². The lowest BCUT2D eigenvalue weighted by atomic mass is 9.46. The normalized spacial score (nSPS) is 41.0. The van der Waals surface area contributed by atoms with Crippen LogP contribution >= 0.6 is 0 Å². The summed E-state index contributed by atoms with van der Waals surface area (Å²) in [7, 11) is 0. The lowest BCUT2D eigenvalue weighted by Gasteiger charge is -2.58. The lowest BCUT2D eigenvalue weighted by Crippen LogP contribution is -2.51. The molecule has 0 radical (unpaired) electrons. The Morgan fingerprint density at radius 1 is 1.05 bits per heavy atom. The Kier molecular flexibility index (Phi) is 7.24. The van der Waals surface area contributed by atoms with Crippen molar-refractivity contribution in [2.24, 2.45) is 39.7 Å². The second-order valence-corrected chi connectivity index (χ2v) is 14.1. The van der Waals surface area contributed by atoms with Gasteiger partial charge in [-0.15, -0.1) is 0 Å². The third kappa shape index (κ3) is 4.77. The Bertz CT molecular complexity index is 996.